The maximum absolute atomic E-state index is 12.0. The van der Waals surface area contributed by atoms with Crippen LogP contribution in [0.5, 0.6) is 11.5 Å². The molecule has 0 spiro atoms. The fourth-order valence-corrected chi connectivity index (χ4v) is 1.89. The highest BCUT2D eigenvalue weighted by atomic mass is 16.7. The van der Waals surface area contributed by atoms with Crippen LogP contribution in [0.2, 0.25) is 0 Å². The Hall–Kier alpha value is -3.30. The lowest BCUT2D eigenvalue weighted by molar-refractivity contribution is -0.117. The number of carbonyl (C=O) groups is 2. The van der Waals surface area contributed by atoms with E-state index in [0.29, 0.717) is 17.2 Å². The van der Waals surface area contributed by atoms with Crippen molar-refractivity contribution in [1.29, 1.82) is 0 Å². The van der Waals surface area contributed by atoms with Crippen LogP contribution in [0, 0.1) is 0 Å². The summed E-state index contributed by atoms with van der Waals surface area (Å²) < 4.78 is 14.9. The Balaban J connectivity index is 1.58. The molecule has 2 N–H and O–H groups in total. The number of nitrogens with zero attached hydrogens (tertiary/aromatic N) is 3. The number of hydrogen-bond acceptors (Lipinski definition) is 7. The quantitative estimate of drug-likeness (QED) is 0.857. The van der Waals surface area contributed by atoms with Gasteiger partial charge in [-0.2, -0.15) is 9.90 Å². The number of ether oxygens (including phenoxy) is 3. The molecular formula is C13H13N5O5. The third-order valence-electron chi connectivity index (χ3n) is 2.89. The smallest absolute Gasteiger partial charge is 0.412 e. The average Bonchev–Trinajstić information content (AvgIpc) is 3.15. The van der Waals surface area contributed by atoms with E-state index >= 15 is 0 Å². The standard InChI is InChI=1S/C13H13N5O5/c1-21-13(20)16-11-5-14-18(17-11)6-12(19)15-8-2-3-9-10(4-8)23-7-22-9/h2-5H,6-7H2,1H3,(H,15,19)(H,16,17,20). The number of carbonyl (C=O) groups excluding carboxylic acids is 2. The van der Waals surface area contributed by atoms with E-state index in [1.54, 1.807) is 18.2 Å². The predicted octanol–water partition coefficient (Wildman–Crippen LogP) is 0.824. The molecule has 1 aliphatic heterocycles. The molecule has 2 amide bonds. The first-order valence-corrected chi connectivity index (χ1v) is 6.58. The third-order valence-corrected chi connectivity index (χ3v) is 2.89. The molecule has 0 atom stereocenters. The van der Waals surface area contributed by atoms with Crippen LogP contribution in [0.4, 0.5) is 16.3 Å². The van der Waals surface area contributed by atoms with E-state index in [0.717, 1.165) is 4.80 Å². The summed E-state index contributed by atoms with van der Waals surface area (Å²) in [6.07, 6.45) is 0.645. The first-order chi connectivity index (χ1) is 11.1. The zero-order valence-electron chi connectivity index (χ0n) is 12.1. The van der Waals surface area contributed by atoms with Gasteiger partial charge in [0, 0.05) is 11.8 Å². The molecule has 10 nitrogen and oxygen atoms in total. The molecule has 0 saturated carbocycles. The van der Waals surface area contributed by atoms with E-state index in [1.165, 1.54) is 13.3 Å². The number of benzene rings is 1. The lowest BCUT2D eigenvalue weighted by Gasteiger charge is -2.05. The van der Waals surface area contributed by atoms with E-state index in [2.05, 4.69) is 25.6 Å². The van der Waals surface area contributed by atoms with Crippen molar-refractivity contribution in [3.05, 3.63) is 24.4 Å². The summed E-state index contributed by atoms with van der Waals surface area (Å²) in [5, 5.41) is 12.8. The van der Waals surface area contributed by atoms with Crippen LogP contribution >= 0.6 is 0 Å². The first kappa shape index (κ1) is 14.6. The number of nitrogens with one attached hydrogen (secondary N) is 2. The number of methoxy groups -OCH3 is 1. The molecule has 3 rings (SSSR count). The van der Waals surface area contributed by atoms with Crippen LogP contribution in [0.3, 0.4) is 0 Å². The van der Waals surface area contributed by atoms with E-state index in [9.17, 15) is 9.59 Å². The molecule has 0 bridgehead atoms. The Morgan fingerprint density at radius 3 is 2.96 bits per heavy atom. The Bertz CT molecular complexity index is 744. The number of fused-ring (bicyclic) bond motifs is 1. The topological polar surface area (TPSA) is 117 Å². The summed E-state index contributed by atoms with van der Waals surface area (Å²) in [7, 11) is 1.23. The Kier molecular flexibility index (Phi) is 3.95. The SMILES string of the molecule is COC(=O)Nc1cnn(CC(=O)Nc2ccc3c(c2)OCO3)n1. The highest BCUT2D eigenvalue weighted by Crippen LogP contribution is 2.34. The van der Waals surface area contributed by atoms with E-state index in [-0.39, 0.29) is 25.1 Å². The van der Waals surface area contributed by atoms with Crippen LogP contribution in [-0.2, 0) is 16.1 Å². The Labute approximate surface area is 130 Å². The molecule has 0 fully saturated rings. The lowest BCUT2D eigenvalue weighted by Crippen LogP contribution is -2.20. The van der Waals surface area contributed by atoms with Gasteiger partial charge in [0.05, 0.1) is 13.3 Å². The maximum atomic E-state index is 12.0. The lowest BCUT2D eigenvalue weighted by atomic mass is 10.3. The molecule has 1 aliphatic rings. The predicted molar refractivity (Wildman–Crippen MR) is 77.2 cm³/mol. The van der Waals surface area contributed by atoms with Crippen molar-refractivity contribution in [2.45, 2.75) is 6.54 Å². The zero-order chi connectivity index (χ0) is 16.2. The molecule has 0 saturated heterocycles. The van der Waals surface area contributed by atoms with Gasteiger partial charge in [0.25, 0.3) is 0 Å². The van der Waals surface area contributed by atoms with Gasteiger partial charge < -0.3 is 19.5 Å². The van der Waals surface area contributed by atoms with Gasteiger partial charge >= 0.3 is 6.09 Å². The monoisotopic (exact) mass is 319 g/mol. The molecule has 23 heavy (non-hydrogen) atoms. The first-order valence-electron chi connectivity index (χ1n) is 6.58. The van der Waals surface area contributed by atoms with Gasteiger partial charge in [0.15, 0.2) is 17.3 Å². The summed E-state index contributed by atoms with van der Waals surface area (Å²) in [6, 6.07) is 5.08. The van der Waals surface area contributed by atoms with Crippen molar-refractivity contribution < 1.29 is 23.8 Å². The molecule has 0 aliphatic carbocycles. The molecule has 1 aromatic carbocycles. The largest absolute Gasteiger partial charge is 0.454 e. The van der Waals surface area contributed by atoms with Crippen molar-refractivity contribution in [2.24, 2.45) is 0 Å². The Morgan fingerprint density at radius 2 is 2.13 bits per heavy atom. The fourth-order valence-electron chi connectivity index (χ4n) is 1.89. The highest BCUT2D eigenvalue weighted by molar-refractivity contribution is 5.91. The normalized spacial score (nSPS) is 11.9. The van der Waals surface area contributed by atoms with Crippen molar-refractivity contribution in [2.75, 3.05) is 24.5 Å². The van der Waals surface area contributed by atoms with Crippen molar-refractivity contribution in [3.63, 3.8) is 0 Å². The van der Waals surface area contributed by atoms with E-state index in [1.807, 2.05) is 0 Å². The van der Waals surface area contributed by atoms with Gasteiger partial charge in [0.1, 0.15) is 6.54 Å². The molecule has 0 unspecified atom stereocenters. The minimum absolute atomic E-state index is 0.114. The van der Waals surface area contributed by atoms with Crippen LogP contribution in [0.15, 0.2) is 24.4 Å². The average molecular weight is 319 g/mol. The van der Waals surface area contributed by atoms with Crippen LogP contribution in [0.25, 0.3) is 0 Å². The number of aromatic nitrogens is 3. The van der Waals surface area contributed by atoms with Gasteiger partial charge in [0.2, 0.25) is 12.7 Å². The third kappa shape index (κ3) is 3.48. The highest BCUT2D eigenvalue weighted by Gasteiger charge is 2.14. The molecule has 120 valence electrons. The summed E-state index contributed by atoms with van der Waals surface area (Å²) in [5.41, 5.74) is 0.569. The molecule has 10 heteroatoms. The van der Waals surface area contributed by atoms with E-state index < -0.39 is 6.09 Å². The second-order valence-electron chi connectivity index (χ2n) is 4.49. The van der Waals surface area contributed by atoms with Crippen molar-refractivity contribution >= 4 is 23.5 Å². The van der Waals surface area contributed by atoms with Crippen LogP contribution in [-0.4, -0.2) is 40.9 Å². The molecule has 0 radical (unpaired) electrons. The number of hydrogen-bond donors (Lipinski definition) is 2. The Morgan fingerprint density at radius 1 is 1.30 bits per heavy atom. The summed E-state index contributed by atoms with van der Waals surface area (Å²) in [5.74, 6) is 1.07. The molecule has 1 aromatic heterocycles. The fraction of sp³-hybridized carbons (Fsp3) is 0.231. The maximum Gasteiger partial charge on any atom is 0.412 e. The minimum atomic E-state index is -0.665. The van der Waals surface area contributed by atoms with Gasteiger partial charge in [-0.3, -0.25) is 10.1 Å². The summed E-state index contributed by atoms with van der Waals surface area (Å²) in [4.78, 5) is 24.2. The summed E-state index contributed by atoms with van der Waals surface area (Å²) >= 11 is 0. The second kappa shape index (κ2) is 6.22. The van der Waals surface area contributed by atoms with Crippen molar-refractivity contribution in [3.8, 4) is 11.5 Å². The van der Waals surface area contributed by atoms with Gasteiger partial charge in [-0.05, 0) is 12.1 Å². The molecular weight excluding hydrogens is 306 g/mol. The second-order valence-corrected chi connectivity index (χ2v) is 4.49. The molecule has 2 aromatic rings. The molecule has 2 heterocycles. The van der Waals surface area contributed by atoms with Gasteiger partial charge in [-0.25, -0.2) is 4.79 Å². The van der Waals surface area contributed by atoms with Crippen LogP contribution < -0.4 is 20.1 Å². The van der Waals surface area contributed by atoms with Gasteiger partial charge in [-0.15, -0.1) is 5.10 Å². The minimum Gasteiger partial charge on any atom is -0.454 e. The van der Waals surface area contributed by atoms with E-state index in [4.69, 9.17) is 9.47 Å². The zero-order valence-corrected chi connectivity index (χ0v) is 12.1. The number of anilines is 2. The number of rotatable bonds is 4. The van der Waals surface area contributed by atoms with Crippen molar-refractivity contribution in [1.82, 2.24) is 15.0 Å². The number of amides is 2. The summed E-state index contributed by atoms with van der Waals surface area (Å²) in [6.45, 7) is 0.0528. The van der Waals surface area contributed by atoms with Gasteiger partial charge in [-0.1, -0.05) is 0 Å². The van der Waals surface area contributed by atoms with Crippen LogP contribution in [0.1, 0.15) is 0 Å².